The number of hydrogen-bond donors (Lipinski definition) is 1. The molecule has 3 rings (SSSR count). The third-order valence-electron chi connectivity index (χ3n) is 5.12. The van der Waals surface area contributed by atoms with Gasteiger partial charge in [-0.3, -0.25) is 4.99 Å². The van der Waals surface area contributed by atoms with Crippen LogP contribution in [0.25, 0.3) is 0 Å². The van der Waals surface area contributed by atoms with Crippen molar-refractivity contribution in [3.05, 3.63) is 0 Å². The molecule has 0 aromatic carbocycles. The monoisotopic (exact) mass is 265 g/mol. The summed E-state index contributed by atoms with van der Waals surface area (Å²) in [7, 11) is 0. The van der Waals surface area contributed by atoms with E-state index >= 15 is 0 Å². The molecule has 2 atom stereocenters. The summed E-state index contributed by atoms with van der Waals surface area (Å²) in [6.07, 6.45) is 10.2. The molecule has 0 aromatic rings. The summed E-state index contributed by atoms with van der Waals surface area (Å²) >= 11 is 0. The fraction of sp³-hybridized carbons (Fsp3) is 0.933. The van der Waals surface area contributed by atoms with Crippen LogP contribution in [0.1, 0.15) is 58.3 Å². The fourth-order valence-corrected chi connectivity index (χ4v) is 4.23. The fourth-order valence-electron chi connectivity index (χ4n) is 4.23. The first-order valence-corrected chi connectivity index (χ1v) is 7.96. The molecule has 2 heterocycles. The molecule has 0 radical (unpaired) electrons. The van der Waals surface area contributed by atoms with Gasteiger partial charge in [0, 0.05) is 12.6 Å². The van der Waals surface area contributed by atoms with Crippen molar-refractivity contribution in [2.45, 2.75) is 76.0 Å². The number of hydrogen-bond acceptors (Lipinski definition) is 4. The van der Waals surface area contributed by atoms with E-state index in [1.54, 1.807) is 0 Å². The van der Waals surface area contributed by atoms with Crippen LogP contribution in [0.3, 0.4) is 0 Å². The normalized spacial score (nSPS) is 36.2. The van der Waals surface area contributed by atoms with E-state index in [2.05, 4.69) is 16.8 Å². The Morgan fingerprint density at radius 2 is 2.21 bits per heavy atom. The summed E-state index contributed by atoms with van der Waals surface area (Å²) in [5.41, 5.74) is 6.40. The minimum absolute atomic E-state index is 0.178. The third kappa shape index (κ3) is 2.35. The zero-order chi connectivity index (χ0) is 13.3. The number of nitrogens with zero attached hydrogens (tertiary/aromatic N) is 2. The Labute approximate surface area is 116 Å². The van der Waals surface area contributed by atoms with Gasteiger partial charge in [-0.1, -0.05) is 26.2 Å². The Kier molecular flexibility index (Phi) is 3.70. The highest BCUT2D eigenvalue weighted by Crippen LogP contribution is 2.40. The lowest BCUT2D eigenvalue weighted by Gasteiger charge is -2.47. The largest absolute Gasteiger partial charge is 0.378 e. The van der Waals surface area contributed by atoms with Crippen molar-refractivity contribution in [3.8, 4) is 0 Å². The summed E-state index contributed by atoms with van der Waals surface area (Å²) in [6.45, 7) is 3.99. The van der Waals surface area contributed by atoms with Gasteiger partial charge >= 0.3 is 0 Å². The first-order valence-electron chi connectivity index (χ1n) is 7.96. The molecule has 1 saturated carbocycles. The highest BCUT2D eigenvalue weighted by molar-refractivity contribution is 5.81. The minimum Gasteiger partial charge on any atom is -0.378 e. The molecular formula is C15H27N3O. The topological polar surface area (TPSA) is 50.9 Å². The van der Waals surface area contributed by atoms with Crippen LogP contribution in [0.15, 0.2) is 4.99 Å². The van der Waals surface area contributed by atoms with E-state index in [9.17, 15) is 0 Å². The van der Waals surface area contributed by atoms with Crippen LogP contribution >= 0.6 is 0 Å². The van der Waals surface area contributed by atoms with Crippen LogP contribution in [0.4, 0.5) is 0 Å². The molecule has 4 heteroatoms. The van der Waals surface area contributed by atoms with Gasteiger partial charge in [0.25, 0.3) is 0 Å². The van der Waals surface area contributed by atoms with E-state index in [1.165, 1.54) is 38.5 Å². The molecule has 1 aliphatic carbocycles. The Morgan fingerprint density at radius 3 is 2.95 bits per heavy atom. The Hall–Kier alpha value is -0.770. The van der Waals surface area contributed by atoms with Gasteiger partial charge in [0.05, 0.1) is 18.2 Å². The van der Waals surface area contributed by atoms with Crippen molar-refractivity contribution in [2.75, 3.05) is 13.2 Å². The van der Waals surface area contributed by atoms with Gasteiger partial charge in [-0.05, 0) is 32.1 Å². The van der Waals surface area contributed by atoms with Crippen molar-refractivity contribution in [2.24, 2.45) is 10.7 Å². The van der Waals surface area contributed by atoms with Crippen molar-refractivity contribution >= 4 is 5.96 Å². The third-order valence-corrected chi connectivity index (χ3v) is 5.12. The highest BCUT2D eigenvalue weighted by Gasteiger charge is 2.48. The van der Waals surface area contributed by atoms with E-state index in [-0.39, 0.29) is 5.54 Å². The molecule has 2 N–H and O–H groups in total. The van der Waals surface area contributed by atoms with Gasteiger partial charge in [0.15, 0.2) is 5.96 Å². The average molecular weight is 265 g/mol. The Bertz CT molecular complexity index is 349. The van der Waals surface area contributed by atoms with Crippen LogP contribution in [0.2, 0.25) is 0 Å². The maximum Gasteiger partial charge on any atom is 0.192 e. The second-order valence-electron chi connectivity index (χ2n) is 6.44. The second kappa shape index (κ2) is 5.31. The number of aliphatic imine (C=N–C) groups is 1. The van der Waals surface area contributed by atoms with Crippen molar-refractivity contribution < 1.29 is 4.74 Å². The zero-order valence-electron chi connectivity index (χ0n) is 12.1. The van der Waals surface area contributed by atoms with Crippen molar-refractivity contribution in [1.82, 2.24) is 4.90 Å². The molecule has 19 heavy (non-hydrogen) atoms. The maximum absolute atomic E-state index is 6.22. The molecule has 0 aromatic heterocycles. The quantitative estimate of drug-likeness (QED) is 0.851. The number of guanidine groups is 1. The molecule has 1 spiro atoms. The van der Waals surface area contributed by atoms with Crippen molar-refractivity contribution in [1.29, 1.82) is 0 Å². The van der Waals surface area contributed by atoms with Crippen molar-refractivity contribution in [3.63, 3.8) is 0 Å². The molecule has 2 aliphatic heterocycles. The molecule has 2 fully saturated rings. The van der Waals surface area contributed by atoms with Gasteiger partial charge < -0.3 is 15.4 Å². The summed E-state index contributed by atoms with van der Waals surface area (Å²) in [4.78, 5) is 7.09. The first-order chi connectivity index (χ1) is 9.25. The minimum atomic E-state index is 0.178. The summed E-state index contributed by atoms with van der Waals surface area (Å²) < 4.78 is 5.93. The van der Waals surface area contributed by atoms with Gasteiger partial charge in [0.2, 0.25) is 0 Å². The van der Waals surface area contributed by atoms with Gasteiger partial charge in [-0.25, -0.2) is 0 Å². The molecule has 3 aliphatic rings. The second-order valence-corrected chi connectivity index (χ2v) is 6.44. The van der Waals surface area contributed by atoms with Gasteiger partial charge in [-0.15, -0.1) is 0 Å². The average Bonchev–Trinajstić information content (AvgIpc) is 3.00. The zero-order valence-corrected chi connectivity index (χ0v) is 12.1. The molecule has 0 bridgehead atoms. The SMILES string of the molecule is CCCC1CC2(CCO1)CN=C(N)N2C1CCCC1. The summed E-state index contributed by atoms with van der Waals surface area (Å²) in [5, 5.41) is 0. The van der Waals surface area contributed by atoms with Crippen LogP contribution < -0.4 is 5.73 Å². The van der Waals surface area contributed by atoms with E-state index in [0.717, 1.165) is 32.0 Å². The molecule has 0 amide bonds. The number of nitrogens with two attached hydrogens (primary N) is 1. The van der Waals surface area contributed by atoms with Crippen LogP contribution in [-0.4, -0.2) is 41.7 Å². The van der Waals surface area contributed by atoms with E-state index in [1.807, 2.05) is 0 Å². The van der Waals surface area contributed by atoms with Crippen LogP contribution in [0, 0.1) is 0 Å². The molecule has 4 nitrogen and oxygen atoms in total. The summed E-state index contributed by atoms with van der Waals surface area (Å²) in [6, 6.07) is 0.631. The summed E-state index contributed by atoms with van der Waals surface area (Å²) in [5.74, 6) is 0.795. The van der Waals surface area contributed by atoms with E-state index in [0.29, 0.717) is 12.1 Å². The molecule has 1 saturated heterocycles. The maximum atomic E-state index is 6.22. The predicted molar refractivity (Wildman–Crippen MR) is 77.2 cm³/mol. The smallest absolute Gasteiger partial charge is 0.192 e. The van der Waals surface area contributed by atoms with Gasteiger partial charge in [0.1, 0.15) is 0 Å². The Balaban J connectivity index is 1.77. The van der Waals surface area contributed by atoms with Gasteiger partial charge in [-0.2, -0.15) is 0 Å². The standard InChI is InChI=1S/C15H27N3O/c1-2-5-13-10-15(8-9-19-13)11-17-14(16)18(15)12-6-3-4-7-12/h12-13H,2-11H2,1H3,(H2,16,17). The molecule has 108 valence electrons. The van der Waals surface area contributed by atoms with Crippen LogP contribution in [-0.2, 0) is 4.74 Å². The van der Waals surface area contributed by atoms with E-state index < -0.39 is 0 Å². The lowest BCUT2D eigenvalue weighted by atomic mass is 9.83. The predicted octanol–water partition coefficient (Wildman–Crippen LogP) is 2.28. The number of ether oxygens (including phenoxy) is 1. The molecule has 2 unspecified atom stereocenters. The van der Waals surface area contributed by atoms with E-state index in [4.69, 9.17) is 10.5 Å². The number of rotatable bonds is 3. The highest BCUT2D eigenvalue weighted by atomic mass is 16.5. The van der Waals surface area contributed by atoms with Crippen LogP contribution in [0.5, 0.6) is 0 Å². The lowest BCUT2D eigenvalue weighted by Crippen LogP contribution is -2.59. The first kappa shape index (κ1) is 13.2. The lowest BCUT2D eigenvalue weighted by molar-refractivity contribution is -0.0580. The molecular weight excluding hydrogens is 238 g/mol. The Morgan fingerprint density at radius 1 is 1.42 bits per heavy atom.